The number of fused-ring (bicyclic) bond motifs is 1. The molecule has 0 aliphatic carbocycles. The molecule has 1 atom stereocenters. The zero-order chi connectivity index (χ0) is 24.5. The van der Waals surface area contributed by atoms with Gasteiger partial charge in [0.15, 0.2) is 7.05 Å². The third kappa shape index (κ3) is 5.58. The lowest BCUT2D eigenvalue weighted by atomic mass is 10.0. The number of nitrogens with zero attached hydrogens (tertiary/aromatic N) is 2. The fourth-order valence-electron chi connectivity index (χ4n) is 3.19. The van der Waals surface area contributed by atoms with Crippen LogP contribution in [0.2, 0.25) is 0 Å². The summed E-state index contributed by atoms with van der Waals surface area (Å²) in [5, 5.41) is 5.12. The highest BCUT2D eigenvalue weighted by atomic mass is 32.2. The molecule has 1 aliphatic heterocycles. The molecule has 2 aromatic heterocycles. The summed E-state index contributed by atoms with van der Waals surface area (Å²) in [5.74, 6) is -0.958. The number of hydrogen-bond acceptors (Lipinski definition) is 9. The average Bonchev–Trinajstić information content (AvgIpc) is 3.25. The minimum absolute atomic E-state index is 0.240. The van der Waals surface area contributed by atoms with Gasteiger partial charge in [0.25, 0.3) is 0 Å². The van der Waals surface area contributed by atoms with Crippen LogP contribution in [0, 0.1) is 0 Å². The van der Waals surface area contributed by atoms with Crippen LogP contribution in [-0.2, 0) is 34.3 Å². The number of rotatable bonds is 5. The molecule has 3 heterocycles. The van der Waals surface area contributed by atoms with Gasteiger partial charge in [-0.2, -0.15) is 0 Å². The molecule has 0 aromatic carbocycles. The first-order chi connectivity index (χ1) is 15.4. The van der Waals surface area contributed by atoms with Gasteiger partial charge in [0.05, 0.1) is 24.5 Å². The van der Waals surface area contributed by atoms with Crippen molar-refractivity contribution in [3.8, 4) is 0 Å². The zero-order valence-corrected chi connectivity index (χ0v) is 20.9. The van der Waals surface area contributed by atoms with E-state index >= 15 is 0 Å². The quantitative estimate of drug-likeness (QED) is 0.363. The number of carbonyl (C=O) groups excluding carboxylic acids is 3. The molecule has 0 bridgehead atoms. The lowest BCUT2D eigenvalue weighted by Gasteiger charge is -2.30. The first-order valence-electron chi connectivity index (χ1n) is 10.2. The maximum atomic E-state index is 12.9. The minimum atomic E-state index is -0.655. The first kappa shape index (κ1) is 24.8. The number of hydrogen-bond donors (Lipinski definition) is 2. The molecule has 1 aliphatic rings. The largest absolute Gasteiger partial charge is 0.465 e. The maximum absolute atomic E-state index is 12.9. The van der Waals surface area contributed by atoms with Gasteiger partial charge < -0.3 is 19.7 Å². The summed E-state index contributed by atoms with van der Waals surface area (Å²) in [6.07, 6.45) is -0.00870. The van der Waals surface area contributed by atoms with Crippen molar-refractivity contribution >= 4 is 46.1 Å². The van der Waals surface area contributed by atoms with Crippen LogP contribution in [0.4, 0.5) is 9.80 Å². The van der Waals surface area contributed by atoms with Gasteiger partial charge in [-0.25, -0.2) is 14.4 Å². The minimum Gasteiger partial charge on any atom is -0.465 e. The van der Waals surface area contributed by atoms with E-state index < -0.39 is 34.4 Å². The van der Waals surface area contributed by atoms with Gasteiger partial charge in [0.2, 0.25) is 5.91 Å². The fraction of sp³-hybridized carbons (Fsp3) is 0.550. The topological polar surface area (TPSA) is 135 Å². The third-order valence-electron chi connectivity index (χ3n) is 4.75. The molecule has 0 saturated heterocycles. The van der Waals surface area contributed by atoms with Crippen LogP contribution in [0.15, 0.2) is 14.3 Å². The molecule has 33 heavy (non-hydrogen) atoms. The number of amides is 2. The Morgan fingerprint density at radius 1 is 1.33 bits per heavy atom. The van der Waals surface area contributed by atoms with Crippen LogP contribution >= 0.6 is 23.1 Å². The van der Waals surface area contributed by atoms with Crippen molar-refractivity contribution in [1.29, 1.82) is 0 Å². The third-order valence-corrected chi connectivity index (χ3v) is 7.11. The smallest absolute Gasteiger partial charge is 0.441 e. The predicted octanol–water partition coefficient (Wildman–Crippen LogP) is 2.05. The highest BCUT2D eigenvalue weighted by Gasteiger charge is 2.33. The molecule has 180 valence electrons. The van der Waals surface area contributed by atoms with E-state index in [9.17, 15) is 19.2 Å². The van der Waals surface area contributed by atoms with Crippen molar-refractivity contribution in [2.75, 3.05) is 19.0 Å². The van der Waals surface area contributed by atoms with Crippen molar-refractivity contribution < 1.29 is 33.1 Å². The number of aromatic amines is 1. The summed E-state index contributed by atoms with van der Waals surface area (Å²) in [4.78, 5) is 52.0. The number of anilines is 1. The van der Waals surface area contributed by atoms with Gasteiger partial charge in [-0.15, -0.1) is 11.3 Å². The average molecular weight is 500 g/mol. The van der Waals surface area contributed by atoms with E-state index in [1.54, 1.807) is 39.6 Å². The number of thiophene rings is 1. The van der Waals surface area contributed by atoms with E-state index in [0.29, 0.717) is 23.5 Å². The van der Waals surface area contributed by atoms with Gasteiger partial charge in [-0.3, -0.25) is 9.32 Å². The Morgan fingerprint density at radius 3 is 2.61 bits per heavy atom. The molecule has 2 N–H and O–H groups in total. The van der Waals surface area contributed by atoms with Gasteiger partial charge >= 0.3 is 22.7 Å². The highest BCUT2D eigenvalue weighted by molar-refractivity contribution is 8.00. The van der Waals surface area contributed by atoms with Crippen LogP contribution < -0.4 is 15.6 Å². The molecule has 11 nitrogen and oxygen atoms in total. The molecule has 2 aromatic rings. The Hall–Kier alpha value is -2.80. The van der Waals surface area contributed by atoms with E-state index in [1.165, 1.54) is 23.1 Å². The molecular weight excluding hydrogens is 472 g/mol. The molecule has 2 amide bonds. The molecular formula is C20H27N4O7S2+. The summed E-state index contributed by atoms with van der Waals surface area (Å²) >= 11 is 2.25. The van der Waals surface area contributed by atoms with Gasteiger partial charge in [-0.1, -0.05) is 4.68 Å². The van der Waals surface area contributed by atoms with E-state index in [-0.39, 0.29) is 11.6 Å². The number of ether oxygens (including phenoxy) is 2. The molecule has 0 fully saturated rings. The predicted molar refractivity (Wildman–Crippen MR) is 120 cm³/mol. The molecule has 0 saturated carbocycles. The van der Waals surface area contributed by atoms with Gasteiger partial charge in [0.1, 0.15) is 10.6 Å². The molecule has 1 unspecified atom stereocenters. The van der Waals surface area contributed by atoms with Crippen LogP contribution in [0.5, 0.6) is 0 Å². The van der Waals surface area contributed by atoms with E-state index in [0.717, 1.165) is 22.2 Å². The van der Waals surface area contributed by atoms with E-state index in [2.05, 4.69) is 10.6 Å². The Balaban J connectivity index is 1.81. The van der Waals surface area contributed by atoms with Crippen molar-refractivity contribution in [3.63, 3.8) is 0 Å². The number of aryl methyl sites for hydroxylation is 1. The van der Waals surface area contributed by atoms with Gasteiger partial charge in [0, 0.05) is 11.4 Å². The monoisotopic (exact) mass is 499 g/mol. The van der Waals surface area contributed by atoms with Gasteiger partial charge in [-0.05, 0) is 56.7 Å². The van der Waals surface area contributed by atoms with Crippen LogP contribution in [0.25, 0.3) is 0 Å². The zero-order valence-electron chi connectivity index (χ0n) is 19.3. The number of methoxy groups -OCH3 is 1. The number of nitrogens with one attached hydrogen (secondary N) is 2. The second kappa shape index (κ2) is 9.59. The lowest BCUT2D eigenvalue weighted by molar-refractivity contribution is -0.772. The van der Waals surface area contributed by atoms with Crippen molar-refractivity contribution in [3.05, 3.63) is 26.4 Å². The molecule has 3 rings (SSSR count). The fourth-order valence-corrected chi connectivity index (χ4v) is 5.27. The highest BCUT2D eigenvalue weighted by Crippen LogP contribution is 2.38. The second-order valence-corrected chi connectivity index (χ2v) is 10.9. The molecule has 0 spiro atoms. The summed E-state index contributed by atoms with van der Waals surface area (Å²) in [7, 11) is 2.87. The van der Waals surface area contributed by atoms with Crippen LogP contribution in [0.3, 0.4) is 0 Å². The van der Waals surface area contributed by atoms with Crippen molar-refractivity contribution in [2.45, 2.75) is 56.5 Å². The number of aromatic nitrogens is 2. The Labute approximate surface area is 198 Å². The standard InChI is InChI=1S/C20H26N4O7S2/c1-10(32-16-18(27)31-22-23(16)5)14(25)21-15-13(17(26)29-6)11-7-8-24(9-12(11)33-15)19(28)30-20(2,3)4/h10H,7-9H2,1-6H3,(H-,21,22,25,26,27)/p+1. The number of H-pyrrole nitrogens is 1. The Kier molecular flexibility index (Phi) is 7.22. The molecule has 0 radical (unpaired) electrons. The normalized spacial score (nSPS) is 14.4. The van der Waals surface area contributed by atoms with E-state index in [1.807, 2.05) is 0 Å². The van der Waals surface area contributed by atoms with Crippen molar-refractivity contribution in [1.82, 2.24) is 10.2 Å². The molecule has 13 heteroatoms. The van der Waals surface area contributed by atoms with Crippen LogP contribution in [-0.4, -0.2) is 52.6 Å². The summed E-state index contributed by atoms with van der Waals surface area (Å²) in [6.45, 7) is 7.67. The maximum Gasteiger partial charge on any atom is 0.441 e. The summed E-state index contributed by atoms with van der Waals surface area (Å²) in [5.41, 5.74) is -0.158. The summed E-state index contributed by atoms with van der Waals surface area (Å²) < 4.78 is 16.5. The number of thioether (sulfide) groups is 1. The number of carbonyl (C=O) groups is 3. The van der Waals surface area contributed by atoms with Crippen LogP contribution in [0.1, 0.15) is 48.5 Å². The number of esters is 1. The van der Waals surface area contributed by atoms with Crippen molar-refractivity contribution in [2.24, 2.45) is 7.05 Å². The Bertz CT molecular complexity index is 1130. The first-order valence-corrected chi connectivity index (χ1v) is 11.9. The SMILES string of the molecule is COC(=O)c1c(NC(=O)C(C)Sc2c(=O)o[nH][n+]2C)sc2c1CCN(C(=O)OC(C)(C)C)C2. The summed E-state index contributed by atoms with van der Waals surface area (Å²) in [6, 6.07) is 0. The van der Waals surface area contributed by atoms with E-state index in [4.69, 9.17) is 14.0 Å². The Morgan fingerprint density at radius 2 is 2.03 bits per heavy atom. The lowest BCUT2D eigenvalue weighted by Crippen LogP contribution is -2.39. The second-order valence-electron chi connectivity index (χ2n) is 8.45.